The highest BCUT2D eigenvalue weighted by atomic mass is 32.1. The van der Waals surface area contributed by atoms with E-state index in [1.54, 1.807) is 31.2 Å². The molecule has 150 valence electrons. The Kier molecular flexibility index (Phi) is 6.75. The van der Waals surface area contributed by atoms with Crippen LogP contribution < -0.4 is 15.5 Å². The van der Waals surface area contributed by atoms with Gasteiger partial charge in [-0.25, -0.2) is 9.59 Å². The smallest absolute Gasteiger partial charge is 0.338 e. The Morgan fingerprint density at radius 3 is 2.38 bits per heavy atom. The van der Waals surface area contributed by atoms with Crippen molar-refractivity contribution in [3.63, 3.8) is 0 Å². The lowest BCUT2D eigenvalue weighted by Gasteiger charge is -2.18. The summed E-state index contributed by atoms with van der Waals surface area (Å²) in [7, 11) is 0. The highest BCUT2D eigenvalue weighted by molar-refractivity contribution is 7.19. The fourth-order valence-corrected chi connectivity index (χ4v) is 3.40. The van der Waals surface area contributed by atoms with E-state index in [0.717, 1.165) is 12.2 Å². The van der Waals surface area contributed by atoms with Crippen molar-refractivity contribution in [1.29, 1.82) is 0 Å². The number of nitrogens with one attached hydrogen (secondary N) is 2. The molecule has 0 saturated carbocycles. The van der Waals surface area contributed by atoms with E-state index in [2.05, 4.69) is 20.8 Å². The normalized spacial score (nSPS) is 10.3. The van der Waals surface area contributed by atoms with Crippen molar-refractivity contribution >= 4 is 45.0 Å². The third-order valence-corrected chi connectivity index (χ3v) is 4.77. The summed E-state index contributed by atoms with van der Waals surface area (Å²) in [6, 6.07) is 15.9. The van der Waals surface area contributed by atoms with Crippen molar-refractivity contribution in [3.8, 4) is 0 Å². The van der Waals surface area contributed by atoms with Gasteiger partial charge in [0.25, 0.3) is 0 Å². The predicted octanol–water partition coefficient (Wildman–Crippen LogP) is 4.52. The third-order valence-electron chi connectivity index (χ3n) is 3.90. The van der Waals surface area contributed by atoms with Gasteiger partial charge in [-0.2, -0.15) is 0 Å². The Morgan fingerprint density at radius 2 is 1.72 bits per heavy atom. The fraction of sp³-hybridized carbons (Fsp3) is 0.200. The van der Waals surface area contributed by atoms with Crippen molar-refractivity contribution in [1.82, 2.24) is 10.2 Å². The summed E-state index contributed by atoms with van der Waals surface area (Å²) in [5.41, 5.74) is 1.97. The number of carbonyl (C=O) groups is 2. The summed E-state index contributed by atoms with van der Waals surface area (Å²) in [6.07, 6.45) is 0. The topological polar surface area (TPSA) is 96.4 Å². The molecule has 3 aromatic rings. The molecule has 8 nitrogen and oxygen atoms in total. The first kappa shape index (κ1) is 20.3. The molecule has 1 aromatic heterocycles. The van der Waals surface area contributed by atoms with E-state index in [1.165, 1.54) is 11.3 Å². The van der Waals surface area contributed by atoms with Gasteiger partial charge in [0.2, 0.25) is 10.3 Å². The summed E-state index contributed by atoms with van der Waals surface area (Å²) in [6.45, 7) is 4.80. The van der Waals surface area contributed by atoms with Crippen LogP contribution in [0.25, 0.3) is 0 Å². The van der Waals surface area contributed by atoms with Crippen LogP contribution in [0.5, 0.6) is 0 Å². The molecule has 2 N–H and O–H groups in total. The maximum absolute atomic E-state index is 12.2. The predicted molar refractivity (Wildman–Crippen MR) is 114 cm³/mol. The van der Waals surface area contributed by atoms with Gasteiger partial charge >= 0.3 is 12.0 Å². The van der Waals surface area contributed by atoms with Crippen LogP contribution in [0.2, 0.25) is 0 Å². The van der Waals surface area contributed by atoms with E-state index in [-0.39, 0.29) is 0 Å². The molecule has 2 amide bonds. The molecule has 0 aliphatic rings. The number of amides is 2. The number of rotatable bonds is 7. The van der Waals surface area contributed by atoms with E-state index < -0.39 is 12.0 Å². The molecule has 9 heteroatoms. The largest absolute Gasteiger partial charge is 0.462 e. The third kappa shape index (κ3) is 5.29. The minimum Gasteiger partial charge on any atom is -0.462 e. The summed E-state index contributed by atoms with van der Waals surface area (Å²) in [5.74, 6) is -0.399. The number of hydrogen-bond acceptors (Lipinski definition) is 7. The number of aromatic nitrogens is 2. The lowest BCUT2D eigenvalue weighted by atomic mass is 10.2. The minimum atomic E-state index is -0.445. The van der Waals surface area contributed by atoms with Gasteiger partial charge < -0.3 is 15.0 Å². The Labute approximate surface area is 172 Å². The Morgan fingerprint density at radius 1 is 1.00 bits per heavy atom. The molecule has 0 aliphatic heterocycles. The lowest BCUT2D eigenvalue weighted by molar-refractivity contribution is 0.0526. The van der Waals surface area contributed by atoms with Crippen molar-refractivity contribution in [2.24, 2.45) is 0 Å². The van der Waals surface area contributed by atoms with Crippen LogP contribution in [-0.2, 0) is 4.74 Å². The van der Waals surface area contributed by atoms with Gasteiger partial charge in [0, 0.05) is 17.9 Å². The van der Waals surface area contributed by atoms with Crippen LogP contribution in [0.15, 0.2) is 54.6 Å². The highest BCUT2D eigenvalue weighted by Gasteiger charge is 2.14. The number of esters is 1. The molecule has 29 heavy (non-hydrogen) atoms. The van der Waals surface area contributed by atoms with Gasteiger partial charge in [0.15, 0.2) is 0 Å². The van der Waals surface area contributed by atoms with Crippen LogP contribution in [-0.4, -0.2) is 35.3 Å². The molecule has 0 unspecified atom stereocenters. The molecule has 0 spiro atoms. The van der Waals surface area contributed by atoms with Crippen molar-refractivity contribution in [2.45, 2.75) is 13.8 Å². The summed E-state index contributed by atoms with van der Waals surface area (Å²) >= 11 is 1.28. The molecule has 0 fully saturated rings. The first-order valence-corrected chi connectivity index (χ1v) is 9.93. The zero-order valence-electron chi connectivity index (χ0n) is 16.1. The Bertz CT molecular complexity index is 960. The van der Waals surface area contributed by atoms with Gasteiger partial charge in [-0.1, -0.05) is 29.5 Å². The number of urea groups is 1. The number of carbonyl (C=O) groups excluding carboxylic acids is 2. The van der Waals surface area contributed by atoms with E-state index in [1.807, 2.05) is 42.2 Å². The lowest BCUT2D eigenvalue weighted by Crippen LogP contribution is -2.19. The molecular weight excluding hydrogens is 390 g/mol. The zero-order valence-corrected chi connectivity index (χ0v) is 16.9. The monoisotopic (exact) mass is 411 g/mol. The fourth-order valence-electron chi connectivity index (χ4n) is 2.57. The van der Waals surface area contributed by atoms with E-state index in [9.17, 15) is 9.59 Å². The van der Waals surface area contributed by atoms with Gasteiger partial charge in [0.1, 0.15) is 0 Å². The van der Waals surface area contributed by atoms with Crippen LogP contribution in [0.1, 0.15) is 24.2 Å². The second-order valence-corrected chi connectivity index (χ2v) is 6.80. The van der Waals surface area contributed by atoms with E-state index in [4.69, 9.17) is 4.74 Å². The maximum atomic E-state index is 12.2. The Balaban J connectivity index is 1.61. The van der Waals surface area contributed by atoms with Gasteiger partial charge in [-0.15, -0.1) is 10.2 Å². The first-order valence-electron chi connectivity index (χ1n) is 9.12. The van der Waals surface area contributed by atoms with Crippen LogP contribution in [0.4, 0.5) is 26.4 Å². The average molecular weight is 411 g/mol. The molecule has 0 radical (unpaired) electrons. The SMILES string of the molecule is CCOC(=O)c1ccc(NC(=O)Nc2nnc(N(CC)c3ccccc3)s2)cc1. The Hall–Kier alpha value is -3.46. The first-order chi connectivity index (χ1) is 14.1. The van der Waals surface area contributed by atoms with Gasteiger partial charge in [0.05, 0.1) is 12.2 Å². The summed E-state index contributed by atoms with van der Waals surface area (Å²) in [4.78, 5) is 25.9. The van der Waals surface area contributed by atoms with Gasteiger partial charge in [-0.3, -0.25) is 5.32 Å². The van der Waals surface area contributed by atoms with Crippen molar-refractivity contribution in [3.05, 3.63) is 60.2 Å². The van der Waals surface area contributed by atoms with E-state index in [0.29, 0.717) is 28.1 Å². The minimum absolute atomic E-state index is 0.310. The average Bonchev–Trinajstić information content (AvgIpc) is 3.18. The van der Waals surface area contributed by atoms with Crippen molar-refractivity contribution < 1.29 is 14.3 Å². The number of benzene rings is 2. The summed E-state index contributed by atoms with van der Waals surface area (Å²) in [5, 5.41) is 14.7. The quantitative estimate of drug-likeness (QED) is 0.555. The second-order valence-electron chi connectivity index (χ2n) is 5.85. The molecule has 0 atom stereocenters. The number of hydrogen-bond donors (Lipinski definition) is 2. The number of ether oxygens (including phenoxy) is 1. The summed E-state index contributed by atoms with van der Waals surface area (Å²) < 4.78 is 4.93. The molecule has 2 aromatic carbocycles. The maximum Gasteiger partial charge on any atom is 0.338 e. The van der Waals surface area contributed by atoms with Crippen LogP contribution in [0.3, 0.4) is 0 Å². The standard InChI is InChI=1S/C20H21N5O3S/c1-3-25(16-8-6-5-7-9-16)20-24-23-19(29-20)22-18(27)21-15-12-10-14(11-13-15)17(26)28-4-2/h5-13H,3-4H2,1-2H3,(H2,21,22,23,27). The molecule has 1 heterocycles. The van der Waals surface area contributed by atoms with Crippen LogP contribution >= 0.6 is 11.3 Å². The van der Waals surface area contributed by atoms with Gasteiger partial charge in [-0.05, 0) is 50.2 Å². The zero-order chi connectivity index (χ0) is 20.6. The van der Waals surface area contributed by atoms with Crippen LogP contribution in [0, 0.1) is 0 Å². The number of para-hydroxylation sites is 1. The molecule has 0 saturated heterocycles. The highest BCUT2D eigenvalue weighted by Crippen LogP contribution is 2.30. The number of anilines is 4. The van der Waals surface area contributed by atoms with E-state index >= 15 is 0 Å². The number of nitrogens with zero attached hydrogens (tertiary/aromatic N) is 3. The second kappa shape index (κ2) is 9.65. The molecular formula is C20H21N5O3S. The van der Waals surface area contributed by atoms with Crippen molar-refractivity contribution in [2.75, 3.05) is 28.7 Å². The molecule has 3 rings (SSSR count). The molecule has 0 bridgehead atoms. The molecule has 0 aliphatic carbocycles.